The van der Waals surface area contributed by atoms with Crippen molar-refractivity contribution in [3.8, 4) is 5.75 Å². The number of amides is 1. The standard InChI is InChI=1S/C17H16ClNO3/c1-11-7-12(2)17(15(18)8-11)19-16(21)10-22-14-5-3-13(9-20)4-6-14/h3-9H,10H2,1-2H3,(H,19,21). The van der Waals surface area contributed by atoms with Crippen LogP contribution >= 0.6 is 11.6 Å². The minimum absolute atomic E-state index is 0.135. The van der Waals surface area contributed by atoms with E-state index in [4.69, 9.17) is 16.3 Å². The summed E-state index contributed by atoms with van der Waals surface area (Å²) in [6, 6.07) is 10.3. The molecule has 0 bridgehead atoms. The predicted molar refractivity (Wildman–Crippen MR) is 86.9 cm³/mol. The topological polar surface area (TPSA) is 55.4 Å². The van der Waals surface area contributed by atoms with E-state index in [-0.39, 0.29) is 12.5 Å². The maximum absolute atomic E-state index is 11.9. The SMILES string of the molecule is Cc1cc(C)c(NC(=O)COc2ccc(C=O)cc2)c(Cl)c1. The molecule has 0 aromatic heterocycles. The van der Waals surface area contributed by atoms with Crippen LogP contribution in [0.2, 0.25) is 5.02 Å². The number of anilines is 1. The molecule has 2 rings (SSSR count). The molecule has 0 fully saturated rings. The minimum atomic E-state index is -0.298. The zero-order valence-electron chi connectivity index (χ0n) is 12.4. The zero-order valence-corrected chi connectivity index (χ0v) is 13.1. The van der Waals surface area contributed by atoms with Crippen molar-refractivity contribution in [2.75, 3.05) is 11.9 Å². The van der Waals surface area contributed by atoms with Crippen LogP contribution in [0.25, 0.3) is 0 Å². The van der Waals surface area contributed by atoms with Crippen molar-refractivity contribution >= 4 is 29.5 Å². The molecule has 0 unspecified atom stereocenters. The van der Waals surface area contributed by atoms with Crippen LogP contribution < -0.4 is 10.1 Å². The molecule has 1 N–H and O–H groups in total. The molecule has 22 heavy (non-hydrogen) atoms. The smallest absolute Gasteiger partial charge is 0.262 e. The number of nitrogens with one attached hydrogen (secondary N) is 1. The molecule has 0 radical (unpaired) electrons. The zero-order chi connectivity index (χ0) is 16.1. The summed E-state index contributed by atoms with van der Waals surface area (Å²) < 4.78 is 5.37. The van der Waals surface area contributed by atoms with Crippen LogP contribution in [0.15, 0.2) is 36.4 Å². The molecular formula is C17H16ClNO3. The van der Waals surface area contributed by atoms with Gasteiger partial charge in [-0.3, -0.25) is 9.59 Å². The second kappa shape index (κ2) is 7.09. The van der Waals surface area contributed by atoms with E-state index >= 15 is 0 Å². The van der Waals surface area contributed by atoms with Crippen molar-refractivity contribution in [1.29, 1.82) is 0 Å². The van der Waals surface area contributed by atoms with Crippen LogP contribution in [0.1, 0.15) is 21.5 Å². The fraction of sp³-hybridized carbons (Fsp3) is 0.176. The van der Waals surface area contributed by atoms with Crippen molar-refractivity contribution in [1.82, 2.24) is 0 Å². The first kappa shape index (κ1) is 16.0. The Morgan fingerprint density at radius 2 is 1.91 bits per heavy atom. The highest BCUT2D eigenvalue weighted by molar-refractivity contribution is 6.34. The van der Waals surface area contributed by atoms with Gasteiger partial charge in [0.25, 0.3) is 5.91 Å². The first-order valence-corrected chi connectivity index (χ1v) is 7.12. The molecule has 2 aromatic rings. The summed E-state index contributed by atoms with van der Waals surface area (Å²) in [7, 11) is 0. The lowest BCUT2D eigenvalue weighted by molar-refractivity contribution is -0.118. The molecule has 2 aromatic carbocycles. The summed E-state index contributed by atoms with van der Waals surface area (Å²) in [6.07, 6.45) is 0.749. The third-order valence-corrected chi connectivity index (χ3v) is 3.38. The van der Waals surface area contributed by atoms with Gasteiger partial charge in [0, 0.05) is 5.56 Å². The summed E-state index contributed by atoms with van der Waals surface area (Å²) in [5.41, 5.74) is 3.08. The number of ether oxygens (including phenoxy) is 1. The van der Waals surface area contributed by atoms with Gasteiger partial charge in [-0.1, -0.05) is 17.7 Å². The summed E-state index contributed by atoms with van der Waals surface area (Å²) >= 11 is 6.14. The lowest BCUT2D eigenvalue weighted by atomic mass is 10.1. The lowest BCUT2D eigenvalue weighted by Crippen LogP contribution is -2.21. The van der Waals surface area contributed by atoms with E-state index < -0.39 is 0 Å². The van der Waals surface area contributed by atoms with E-state index in [0.717, 1.165) is 17.4 Å². The van der Waals surface area contributed by atoms with E-state index in [1.54, 1.807) is 30.3 Å². The van der Waals surface area contributed by atoms with Gasteiger partial charge in [-0.15, -0.1) is 0 Å². The largest absolute Gasteiger partial charge is 0.484 e. The molecule has 0 saturated carbocycles. The van der Waals surface area contributed by atoms with Gasteiger partial charge < -0.3 is 10.1 Å². The molecule has 0 aliphatic rings. The average Bonchev–Trinajstić information content (AvgIpc) is 2.49. The second-order valence-electron chi connectivity index (χ2n) is 4.96. The van der Waals surface area contributed by atoms with Gasteiger partial charge in [-0.25, -0.2) is 0 Å². The van der Waals surface area contributed by atoms with Crippen molar-refractivity contribution in [2.45, 2.75) is 13.8 Å². The van der Waals surface area contributed by atoms with E-state index in [9.17, 15) is 9.59 Å². The highest BCUT2D eigenvalue weighted by Gasteiger charge is 2.10. The summed E-state index contributed by atoms with van der Waals surface area (Å²) in [6.45, 7) is 3.69. The maximum Gasteiger partial charge on any atom is 0.262 e. The lowest BCUT2D eigenvalue weighted by Gasteiger charge is -2.12. The van der Waals surface area contributed by atoms with Gasteiger partial charge in [0.05, 0.1) is 10.7 Å². The number of hydrogen-bond acceptors (Lipinski definition) is 3. The summed E-state index contributed by atoms with van der Waals surface area (Å²) in [5.74, 6) is 0.223. The highest BCUT2D eigenvalue weighted by Crippen LogP contribution is 2.27. The number of aryl methyl sites for hydroxylation is 2. The molecule has 0 heterocycles. The average molecular weight is 318 g/mol. The number of halogens is 1. The number of carbonyl (C=O) groups excluding carboxylic acids is 2. The summed E-state index contributed by atoms with van der Waals surface area (Å²) in [5, 5.41) is 3.25. The Bertz CT molecular complexity index is 673. The van der Waals surface area contributed by atoms with Gasteiger partial charge in [0.15, 0.2) is 6.61 Å². The molecule has 0 aliphatic carbocycles. The highest BCUT2D eigenvalue weighted by atomic mass is 35.5. The minimum Gasteiger partial charge on any atom is -0.484 e. The van der Waals surface area contributed by atoms with Crippen molar-refractivity contribution in [3.63, 3.8) is 0 Å². The Hall–Kier alpha value is -2.33. The van der Waals surface area contributed by atoms with Crippen LogP contribution in [0.3, 0.4) is 0 Å². The molecule has 0 aliphatic heterocycles. The van der Waals surface area contributed by atoms with Crippen molar-refractivity contribution in [2.24, 2.45) is 0 Å². The molecule has 5 heteroatoms. The molecule has 4 nitrogen and oxygen atoms in total. The third kappa shape index (κ3) is 4.09. The molecule has 114 valence electrons. The molecule has 1 amide bonds. The molecule has 0 saturated heterocycles. The Labute approximate surface area is 134 Å². The number of carbonyl (C=O) groups is 2. The number of hydrogen-bond donors (Lipinski definition) is 1. The monoisotopic (exact) mass is 317 g/mol. The van der Waals surface area contributed by atoms with Gasteiger partial charge in [-0.05, 0) is 55.3 Å². The van der Waals surface area contributed by atoms with Crippen molar-refractivity contribution in [3.05, 3.63) is 58.1 Å². The van der Waals surface area contributed by atoms with Crippen LogP contribution in [0.5, 0.6) is 5.75 Å². The predicted octanol–water partition coefficient (Wildman–Crippen LogP) is 3.79. The van der Waals surface area contributed by atoms with Crippen molar-refractivity contribution < 1.29 is 14.3 Å². The number of rotatable bonds is 5. The van der Waals surface area contributed by atoms with E-state index in [0.29, 0.717) is 22.0 Å². The van der Waals surface area contributed by atoms with Crippen LogP contribution in [0.4, 0.5) is 5.69 Å². The first-order valence-electron chi connectivity index (χ1n) is 6.74. The van der Waals surface area contributed by atoms with E-state index in [1.165, 1.54) is 0 Å². The molecular weight excluding hydrogens is 302 g/mol. The maximum atomic E-state index is 11.9. The van der Waals surface area contributed by atoms with Gasteiger partial charge >= 0.3 is 0 Å². The fourth-order valence-electron chi connectivity index (χ4n) is 2.04. The van der Waals surface area contributed by atoms with Crippen LogP contribution in [-0.4, -0.2) is 18.8 Å². The second-order valence-corrected chi connectivity index (χ2v) is 5.37. The molecule has 0 atom stereocenters. The molecule has 0 spiro atoms. The third-order valence-electron chi connectivity index (χ3n) is 3.08. The quantitative estimate of drug-likeness (QED) is 0.854. The van der Waals surface area contributed by atoms with E-state index in [2.05, 4.69) is 5.32 Å². The number of aldehydes is 1. The fourth-order valence-corrected chi connectivity index (χ4v) is 2.41. The Balaban J connectivity index is 1.97. The first-order chi connectivity index (χ1) is 10.5. The Morgan fingerprint density at radius 1 is 1.23 bits per heavy atom. The van der Waals surface area contributed by atoms with Crippen LogP contribution in [-0.2, 0) is 4.79 Å². The summed E-state index contributed by atoms with van der Waals surface area (Å²) in [4.78, 5) is 22.5. The van der Waals surface area contributed by atoms with Crippen LogP contribution in [0, 0.1) is 13.8 Å². The van der Waals surface area contributed by atoms with Gasteiger partial charge in [0.1, 0.15) is 12.0 Å². The Kier molecular flexibility index (Phi) is 5.17. The normalized spacial score (nSPS) is 10.1. The van der Waals surface area contributed by atoms with E-state index in [1.807, 2.05) is 19.9 Å². The van der Waals surface area contributed by atoms with Gasteiger partial charge in [-0.2, -0.15) is 0 Å². The Morgan fingerprint density at radius 3 is 2.50 bits per heavy atom. The van der Waals surface area contributed by atoms with Gasteiger partial charge in [0.2, 0.25) is 0 Å². The number of benzene rings is 2.